The summed E-state index contributed by atoms with van der Waals surface area (Å²) < 4.78 is 1.69. The largest absolute Gasteiger partial charge is 0.304 e. The van der Waals surface area contributed by atoms with Gasteiger partial charge in [0.25, 0.3) is 5.91 Å². The van der Waals surface area contributed by atoms with Crippen LogP contribution in [0.2, 0.25) is 0 Å². The number of aromatic nitrogens is 3. The number of nitrogens with one attached hydrogen (secondary N) is 1. The van der Waals surface area contributed by atoms with Crippen molar-refractivity contribution in [3.05, 3.63) is 66.0 Å². The predicted molar refractivity (Wildman–Crippen MR) is 96.9 cm³/mol. The number of carbonyl (C=O) groups excluding carboxylic acids is 1. The van der Waals surface area contributed by atoms with E-state index in [1.54, 1.807) is 29.2 Å². The van der Waals surface area contributed by atoms with Crippen molar-refractivity contribution in [2.75, 3.05) is 11.1 Å². The van der Waals surface area contributed by atoms with Crippen molar-refractivity contribution in [2.45, 2.75) is 11.9 Å². The molecule has 0 unspecified atom stereocenters. The van der Waals surface area contributed by atoms with E-state index in [9.17, 15) is 10.1 Å². The molecule has 2 heterocycles. The molecule has 0 atom stereocenters. The van der Waals surface area contributed by atoms with Crippen molar-refractivity contribution in [1.29, 1.82) is 5.26 Å². The van der Waals surface area contributed by atoms with Crippen LogP contribution in [0.1, 0.15) is 22.8 Å². The van der Waals surface area contributed by atoms with E-state index in [-0.39, 0.29) is 11.7 Å². The molecule has 2 aromatic heterocycles. The maximum atomic E-state index is 12.4. The van der Waals surface area contributed by atoms with Gasteiger partial charge in [-0.15, -0.1) is 16.9 Å². The summed E-state index contributed by atoms with van der Waals surface area (Å²) in [6.07, 6.45) is 3.09. The summed E-state index contributed by atoms with van der Waals surface area (Å²) in [5, 5.41) is 17.5. The molecule has 1 N–H and O–H groups in total. The number of thioether (sulfide) groups is 1. The molecule has 1 aromatic carbocycles. The molecule has 7 heteroatoms. The Morgan fingerprint density at radius 1 is 1.24 bits per heavy atom. The van der Waals surface area contributed by atoms with Crippen molar-refractivity contribution >= 4 is 23.5 Å². The summed E-state index contributed by atoms with van der Waals surface area (Å²) in [6, 6.07) is 14.9. The number of amides is 1. The molecule has 1 amide bonds. The monoisotopic (exact) mass is 349 g/mol. The number of benzene rings is 1. The van der Waals surface area contributed by atoms with E-state index in [1.807, 2.05) is 37.3 Å². The molecule has 0 aliphatic carbocycles. The van der Waals surface area contributed by atoms with Gasteiger partial charge in [0.1, 0.15) is 16.7 Å². The van der Waals surface area contributed by atoms with Gasteiger partial charge in [0.2, 0.25) is 0 Å². The highest BCUT2D eigenvalue weighted by Crippen LogP contribution is 2.30. The number of pyridine rings is 1. The molecule has 3 aromatic rings. The van der Waals surface area contributed by atoms with Gasteiger partial charge in [0.15, 0.2) is 5.82 Å². The highest BCUT2D eigenvalue weighted by Gasteiger charge is 2.21. The molecule has 25 heavy (non-hydrogen) atoms. The highest BCUT2D eigenvalue weighted by molar-refractivity contribution is 7.99. The molecule has 6 nitrogen and oxygen atoms in total. The minimum absolute atomic E-state index is 0.254. The lowest BCUT2D eigenvalue weighted by atomic mass is 10.2. The number of nitrogens with zero attached hydrogens (tertiary/aromatic N) is 4. The van der Waals surface area contributed by atoms with Gasteiger partial charge in [-0.2, -0.15) is 5.26 Å². The lowest BCUT2D eigenvalue weighted by Crippen LogP contribution is -2.13. The second-order valence-corrected chi connectivity index (χ2v) is 6.26. The van der Waals surface area contributed by atoms with Crippen LogP contribution < -0.4 is 5.32 Å². The Hall–Kier alpha value is -3.11. The van der Waals surface area contributed by atoms with Gasteiger partial charge in [-0.1, -0.05) is 25.1 Å². The van der Waals surface area contributed by atoms with Gasteiger partial charge < -0.3 is 5.32 Å². The molecular formula is C18H15N5OS. The summed E-state index contributed by atoms with van der Waals surface area (Å²) in [5.41, 5.74) is 1.65. The first-order chi connectivity index (χ1) is 12.2. The van der Waals surface area contributed by atoms with Crippen LogP contribution in [0.4, 0.5) is 5.82 Å². The zero-order valence-corrected chi connectivity index (χ0v) is 14.3. The third-order valence-corrected chi connectivity index (χ3v) is 4.35. The van der Waals surface area contributed by atoms with Gasteiger partial charge >= 0.3 is 0 Å². The number of anilines is 1. The molecule has 0 aliphatic rings. The van der Waals surface area contributed by atoms with Crippen molar-refractivity contribution in [3.8, 4) is 11.8 Å². The minimum atomic E-state index is -0.329. The lowest BCUT2D eigenvalue weighted by Gasteiger charge is -2.05. The van der Waals surface area contributed by atoms with E-state index in [4.69, 9.17) is 0 Å². The van der Waals surface area contributed by atoms with Gasteiger partial charge in [-0.05, 0) is 30.0 Å². The molecule has 124 valence electrons. The van der Waals surface area contributed by atoms with Crippen molar-refractivity contribution in [2.24, 2.45) is 0 Å². The maximum Gasteiger partial charge on any atom is 0.257 e. The Bertz CT molecular complexity index is 916. The van der Waals surface area contributed by atoms with Crippen LogP contribution in [-0.4, -0.2) is 26.4 Å². The summed E-state index contributed by atoms with van der Waals surface area (Å²) in [6.45, 7) is 2.00. The molecule has 3 rings (SSSR count). The molecule has 0 radical (unpaired) electrons. The quantitative estimate of drug-likeness (QED) is 0.713. The van der Waals surface area contributed by atoms with Crippen LogP contribution in [-0.2, 0) is 0 Å². The molecular weight excluding hydrogens is 334 g/mol. The van der Waals surface area contributed by atoms with Crippen LogP contribution in [0.25, 0.3) is 5.69 Å². The van der Waals surface area contributed by atoms with Crippen LogP contribution in [0.15, 0.2) is 59.9 Å². The Labute approximate surface area is 149 Å². The zero-order valence-electron chi connectivity index (χ0n) is 13.5. The fraction of sp³-hybridized carbons (Fsp3) is 0.111. The number of nitriles is 1. The Kier molecular flexibility index (Phi) is 5.11. The Balaban J connectivity index is 2.02. The molecule has 0 bridgehead atoms. The average Bonchev–Trinajstić information content (AvgIpc) is 3.00. The summed E-state index contributed by atoms with van der Waals surface area (Å²) in [7, 11) is 0. The average molecular weight is 349 g/mol. The second-order valence-electron chi connectivity index (χ2n) is 5.01. The van der Waals surface area contributed by atoms with E-state index in [0.717, 1.165) is 11.4 Å². The number of para-hydroxylation sites is 1. The number of hydrogen-bond donors (Lipinski definition) is 1. The smallest absolute Gasteiger partial charge is 0.257 e. The van der Waals surface area contributed by atoms with Crippen molar-refractivity contribution in [3.63, 3.8) is 0 Å². The molecule has 0 aliphatic heterocycles. The van der Waals surface area contributed by atoms with Crippen LogP contribution in [0.5, 0.6) is 0 Å². The summed E-state index contributed by atoms with van der Waals surface area (Å²) in [5.74, 6) is 0.707. The molecule has 0 spiro atoms. The van der Waals surface area contributed by atoms with Gasteiger partial charge in [-0.25, -0.2) is 4.68 Å². The maximum absolute atomic E-state index is 12.4. The van der Waals surface area contributed by atoms with E-state index in [2.05, 4.69) is 21.5 Å². The van der Waals surface area contributed by atoms with E-state index < -0.39 is 0 Å². The number of carbonyl (C=O) groups is 1. The lowest BCUT2D eigenvalue weighted by molar-refractivity contribution is 0.102. The fourth-order valence-electron chi connectivity index (χ4n) is 2.29. The number of hydrogen-bond acceptors (Lipinski definition) is 5. The zero-order chi connectivity index (χ0) is 17.6. The molecule has 0 saturated carbocycles. The van der Waals surface area contributed by atoms with Crippen molar-refractivity contribution in [1.82, 2.24) is 14.8 Å². The molecule has 0 saturated heterocycles. The SMILES string of the molecule is CCSc1c(C#N)c(NC(=O)c2ccncc2)nn1-c1ccccc1. The van der Waals surface area contributed by atoms with E-state index >= 15 is 0 Å². The Morgan fingerprint density at radius 2 is 1.96 bits per heavy atom. The van der Waals surface area contributed by atoms with E-state index in [0.29, 0.717) is 16.2 Å². The van der Waals surface area contributed by atoms with Crippen LogP contribution in [0.3, 0.4) is 0 Å². The molecule has 0 fully saturated rings. The van der Waals surface area contributed by atoms with Crippen LogP contribution >= 0.6 is 11.8 Å². The van der Waals surface area contributed by atoms with E-state index in [1.165, 1.54) is 11.8 Å². The normalized spacial score (nSPS) is 10.2. The first kappa shape index (κ1) is 16.7. The summed E-state index contributed by atoms with van der Waals surface area (Å²) >= 11 is 1.51. The number of rotatable bonds is 5. The van der Waals surface area contributed by atoms with Crippen LogP contribution in [0, 0.1) is 11.3 Å². The standard InChI is InChI=1S/C18H15N5OS/c1-2-25-18-15(12-19)16(21-17(24)13-8-10-20-11-9-13)22-23(18)14-6-4-3-5-7-14/h3-11H,2H2,1H3,(H,21,22,24). The van der Waals surface area contributed by atoms with Crippen molar-refractivity contribution < 1.29 is 4.79 Å². The third-order valence-electron chi connectivity index (χ3n) is 3.41. The van der Waals surface area contributed by atoms with Gasteiger partial charge in [0.05, 0.1) is 5.69 Å². The highest BCUT2D eigenvalue weighted by atomic mass is 32.2. The first-order valence-electron chi connectivity index (χ1n) is 7.67. The summed E-state index contributed by atoms with van der Waals surface area (Å²) in [4.78, 5) is 16.3. The predicted octanol–water partition coefficient (Wildman–Crippen LogP) is 3.50. The second kappa shape index (κ2) is 7.64. The minimum Gasteiger partial charge on any atom is -0.304 e. The van der Waals surface area contributed by atoms with Gasteiger partial charge in [-0.3, -0.25) is 9.78 Å². The van der Waals surface area contributed by atoms with Gasteiger partial charge in [0, 0.05) is 18.0 Å². The fourth-order valence-corrected chi connectivity index (χ4v) is 3.12. The Morgan fingerprint density at radius 3 is 2.60 bits per heavy atom. The first-order valence-corrected chi connectivity index (χ1v) is 8.66. The third kappa shape index (κ3) is 3.54. The topological polar surface area (TPSA) is 83.6 Å².